The molecule has 4 nitrogen and oxygen atoms in total. The predicted octanol–water partition coefficient (Wildman–Crippen LogP) is 2.64. The van der Waals surface area contributed by atoms with Gasteiger partial charge in [-0.05, 0) is 48.5 Å². The lowest BCUT2D eigenvalue weighted by molar-refractivity contribution is 0.122. The third-order valence-electron chi connectivity index (χ3n) is 4.43. The largest absolute Gasteiger partial charge is 0.378 e. The molecular weight excluding hydrogens is 298 g/mol. The summed E-state index contributed by atoms with van der Waals surface area (Å²) in [5, 5.41) is 0. The molecule has 0 amide bonds. The second-order valence-corrected chi connectivity index (χ2v) is 6.18. The van der Waals surface area contributed by atoms with Gasteiger partial charge in [0.1, 0.15) is 0 Å². The molecule has 0 spiro atoms. The van der Waals surface area contributed by atoms with E-state index in [2.05, 4.69) is 64.6 Å². The van der Waals surface area contributed by atoms with Crippen LogP contribution in [0.1, 0.15) is 12.0 Å². The molecule has 3 rings (SSSR count). The van der Waals surface area contributed by atoms with Gasteiger partial charge >= 0.3 is 0 Å². The summed E-state index contributed by atoms with van der Waals surface area (Å²) in [5.74, 6) is 0. The fraction of sp³-hybridized carbons (Fsp3) is 0.400. The number of hydrogen-bond donors (Lipinski definition) is 1. The Balaban J connectivity index is 1.53. The van der Waals surface area contributed by atoms with Gasteiger partial charge in [0.2, 0.25) is 0 Å². The third kappa shape index (κ3) is 4.73. The number of nitrogens with zero attached hydrogens (tertiary/aromatic N) is 2. The number of benzene rings is 1. The molecule has 2 N–H and O–H groups in total. The number of anilines is 1. The number of rotatable bonds is 6. The summed E-state index contributed by atoms with van der Waals surface area (Å²) in [5.41, 5.74) is 9.33. The van der Waals surface area contributed by atoms with Crippen LogP contribution in [0.4, 0.5) is 5.69 Å². The van der Waals surface area contributed by atoms with E-state index in [0.717, 1.165) is 52.4 Å². The lowest BCUT2D eigenvalue weighted by atomic mass is 10.1. The molecule has 1 aromatic rings. The maximum Gasteiger partial charge on any atom is 0.0642 e. The van der Waals surface area contributed by atoms with Crippen LogP contribution in [0.5, 0.6) is 0 Å². The molecule has 0 unspecified atom stereocenters. The molecule has 1 fully saturated rings. The Hall–Kier alpha value is -2.04. The van der Waals surface area contributed by atoms with Crippen LogP contribution < -0.4 is 10.6 Å². The quantitative estimate of drug-likeness (QED) is 0.873. The molecule has 0 radical (unpaired) electrons. The first-order chi connectivity index (χ1) is 11.8. The molecule has 2 aliphatic heterocycles. The monoisotopic (exact) mass is 325 g/mol. The Morgan fingerprint density at radius 1 is 1.08 bits per heavy atom. The standard InChI is InChI=1S/C20H27N3O/c21-10-1-11-22-12-8-19(9-13-22)3-2-18-4-6-20(7-5-18)23-14-16-24-17-15-23/h2-9,12H,1,10-11,13-17,21H2/b3-2+. The Bertz CT molecular complexity index is 598. The van der Waals surface area contributed by atoms with Gasteiger partial charge in [0.05, 0.1) is 13.2 Å². The van der Waals surface area contributed by atoms with Crippen LogP contribution in [0.25, 0.3) is 6.08 Å². The topological polar surface area (TPSA) is 41.7 Å². The van der Waals surface area contributed by atoms with Crippen LogP contribution in [0.15, 0.2) is 54.3 Å². The van der Waals surface area contributed by atoms with E-state index >= 15 is 0 Å². The zero-order chi connectivity index (χ0) is 16.6. The first-order valence-corrected chi connectivity index (χ1v) is 8.78. The Morgan fingerprint density at radius 2 is 1.88 bits per heavy atom. The van der Waals surface area contributed by atoms with E-state index in [4.69, 9.17) is 10.5 Å². The predicted molar refractivity (Wildman–Crippen MR) is 101 cm³/mol. The fourth-order valence-electron chi connectivity index (χ4n) is 2.94. The zero-order valence-corrected chi connectivity index (χ0v) is 14.2. The molecule has 4 heteroatoms. The molecule has 1 saturated heterocycles. The summed E-state index contributed by atoms with van der Waals surface area (Å²) in [6, 6.07) is 8.76. The number of nitrogens with two attached hydrogens (primary N) is 1. The first-order valence-electron chi connectivity index (χ1n) is 8.78. The highest BCUT2D eigenvalue weighted by atomic mass is 16.5. The molecule has 0 aliphatic carbocycles. The van der Waals surface area contributed by atoms with Crippen molar-refractivity contribution in [3.63, 3.8) is 0 Å². The fourth-order valence-corrected chi connectivity index (χ4v) is 2.94. The van der Waals surface area contributed by atoms with E-state index in [1.807, 2.05) is 0 Å². The summed E-state index contributed by atoms with van der Waals surface area (Å²) >= 11 is 0. The van der Waals surface area contributed by atoms with Gasteiger partial charge in [0.25, 0.3) is 0 Å². The van der Waals surface area contributed by atoms with Crippen LogP contribution in [-0.2, 0) is 4.74 Å². The molecule has 0 saturated carbocycles. The number of morpholine rings is 1. The molecule has 2 aliphatic rings. The van der Waals surface area contributed by atoms with E-state index in [-0.39, 0.29) is 0 Å². The van der Waals surface area contributed by atoms with Crippen molar-refractivity contribution < 1.29 is 4.74 Å². The van der Waals surface area contributed by atoms with Crippen molar-refractivity contribution in [3.05, 3.63) is 59.8 Å². The van der Waals surface area contributed by atoms with Gasteiger partial charge in [-0.3, -0.25) is 0 Å². The Morgan fingerprint density at radius 3 is 2.54 bits per heavy atom. The van der Waals surface area contributed by atoms with Gasteiger partial charge in [-0.25, -0.2) is 0 Å². The van der Waals surface area contributed by atoms with Crippen molar-refractivity contribution in [1.82, 2.24) is 4.90 Å². The van der Waals surface area contributed by atoms with Crippen molar-refractivity contribution in [1.29, 1.82) is 0 Å². The van der Waals surface area contributed by atoms with Crippen molar-refractivity contribution in [2.75, 3.05) is 50.8 Å². The minimum atomic E-state index is 0.751. The number of ether oxygens (including phenoxy) is 1. The maximum atomic E-state index is 5.56. The zero-order valence-electron chi connectivity index (χ0n) is 14.2. The molecule has 1 aromatic carbocycles. The molecule has 0 aromatic heterocycles. The van der Waals surface area contributed by atoms with E-state index in [9.17, 15) is 0 Å². The van der Waals surface area contributed by atoms with Gasteiger partial charge in [-0.15, -0.1) is 0 Å². The second kappa shape index (κ2) is 8.71. The van der Waals surface area contributed by atoms with Crippen LogP contribution in [-0.4, -0.2) is 50.8 Å². The van der Waals surface area contributed by atoms with Gasteiger partial charge in [0.15, 0.2) is 0 Å². The SMILES string of the molecule is NCCCN1C=CC(/C=C/c2ccc(N3CCOCC3)cc2)=CC1. The summed E-state index contributed by atoms with van der Waals surface area (Å²) in [6.07, 6.45) is 12.0. The number of allylic oxidation sites excluding steroid dienone is 3. The van der Waals surface area contributed by atoms with E-state index < -0.39 is 0 Å². The smallest absolute Gasteiger partial charge is 0.0642 e. The van der Waals surface area contributed by atoms with E-state index in [1.54, 1.807) is 0 Å². The molecule has 0 bridgehead atoms. The second-order valence-electron chi connectivity index (χ2n) is 6.18. The average Bonchev–Trinajstić information content (AvgIpc) is 2.67. The normalized spacial score (nSPS) is 18.3. The van der Waals surface area contributed by atoms with Gasteiger partial charge in [-0.1, -0.05) is 30.4 Å². The summed E-state index contributed by atoms with van der Waals surface area (Å²) in [7, 11) is 0. The Labute approximate surface area is 144 Å². The highest BCUT2D eigenvalue weighted by Crippen LogP contribution is 2.18. The van der Waals surface area contributed by atoms with E-state index in [0.29, 0.717) is 0 Å². The van der Waals surface area contributed by atoms with Crippen molar-refractivity contribution >= 4 is 11.8 Å². The van der Waals surface area contributed by atoms with Crippen LogP contribution in [0, 0.1) is 0 Å². The third-order valence-corrected chi connectivity index (χ3v) is 4.43. The summed E-state index contributed by atoms with van der Waals surface area (Å²) < 4.78 is 5.40. The van der Waals surface area contributed by atoms with Gasteiger partial charge in [-0.2, -0.15) is 0 Å². The number of hydrogen-bond acceptors (Lipinski definition) is 4. The highest BCUT2D eigenvalue weighted by Gasteiger charge is 2.10. The summed E-state index contributed by atoms with van der Waals surface area (Å²) in [4.78, 5) is 4.67. The molecular formula is C20H27N3O. The van der Waals surface area contributed by atoms with Crippen molar-refractivity contribution in [2.45, 2.75) is 6.42 Å². The van der Waals surface area contributed by atoms with Crippen molar-refractivity contribution in [2.24, 2.45) is 5.73 Å². The van der Waals surface area contributed by atoms with Crippen molar-refractivity contribution in [3.8, 4) is 0 Å². The van der Waals surface area contributed by atoms with Crippen LogP contribution in [0.3, 0.4) is 0 Å². The average molecular weight is 325 g/mol. The molecule has 24 heavy (non-hydrogen) atoms. The Kier molecular flexibility index (Phi) is 6.10. The van der Waals surface area contributed by atoms with Crippen LogP contribution >= 0.6 is 0 Å². The molecule has 2 heterocycles. The van der Waals surface area contributed by atoms with Gasteiger partial charge in [0, 0.05) is 31.9 Å². The minimum Gasteiger partial charge on any atom is -0.378 e. The first kappa shape index (κ1) is 16.8. The van der Waals surface area contributed by atoms with E-state index in [1.165, 1.54) is 16.8 Å². The molecule has 128 valence electrons. The van der Waals surface area contributed by atoms with Crippen LogP contribution in [0.2, 0.25) is 0 Å². The lowest BCUT2D eigenvalue weighted by Gasteiger charge is -2.28. The lowest BCUT2D eigenvalue weighted by Crippen LogP contribution is -2.36. The minimum absolute atomic E-state index is 0.751. The summed E-state index contributed by atoms with van der Waals surface area (Å²) in [6.45, 7) is 6.35. The highest BCUT2D eigenvalue weighted by molar-refractivity contribution is 5.59. The van der Waals surface area contributed by atoms with Gasteiger partial charge < -0.3 is 20.3 Å². The maximum absolute atomic E-state index is 5.56. The molecule has 0 atom stereocenters.